The Labute approximate surface area is 265 Å². The van der Waals surface area contributed by atoms with Gasteiger partial charge in [-0.1, -0.05) is 62.2 Å². The van der Waals surface area contributed by atoms with Crippen molar-refractivity contribution in [1.82, 2.24) is 4.90 Å². The Hall–Kier alpha value is -3.37. The number of hydrogen-bond acceptors (Lipinski definition) is 6. The van der Waals surface area contributed by atoms with Gasteiger partial charge in [0.15, 0.2) is 0 Å². The molecule has 44 heavy (non-hydrogen) atoms. The third-order valence-corrected chi connectivity index (χ3v) is 9.89. The third-order valence-electron chi connectivity index (χ3n) is 9.36. The predicted octanol–water partition coefficient (Wildman–Crippen LogP) is 6.49. The topological polar surface area (TPSA) is 102 Å². The van der Waals surface area contributed by atoms with Crippen LogP contribution in [-0.2, 0) is 10.2 Å². The zero-order valence-electron chi connectivity index (χ0n) is 24.9. The molecule has 3 N–H and O–H groups in total. The zero-order chi connectivity index (χ0) is 31.9. The number of amides is 1. The van der Waals surface area contributed by atoms with E-state index < -0.39 is 47.6 Å². The summed E-state index contributed by atoms with van der Waals surface area (Å²) in [6, 6.07) is 13.1. The van der Waals surface area contributed by atoms with E-state index in [2.05, 4.69) is 31.0 Å². The van der Waals surface area contributed by atoms with Crippen molar-refractivity contribution in [3.63, 3.8) is 0 Å². The molecule has 0 radical (unpaired) electrons. The molecule has 6 atom stereocenters. The number of aliphatic hydroxyl groups excluding tert-OH is 1. The van der Waals surface area contributed by atoms with Gasteiger partial charge < -0.3 is 20.3 Å². The molecule has 0 aliphatic carbocycles. The highest BCUT2D eigenvalue weighted by Crippen LogP contribution is 2.64. The molecule has 3 heterocycles. The summed E-state index contributed by atoms with van der Waals surface area (Å²) in [7, 11) is 1.42. The number of carbonyl (C=O) groups excluding carboxylic acids is 1. The molecule has 232 valence electrons. The SMILES string of the molecule is COc1cc(C(=O)O)ccc1N1C(=O)[C@H]2[C@H](c3cccc(Cl)c3F)[C@@]3(c4ccc(Cl)cc4NC3O)[C@H](CC(C)(C)C)N2[C@@H]1C. The molecule has 8 nitrogen and oxygen atoms in total. The molecule has 1 amide bonds. The summed E-state index contributed by atoms with van der Waals surface area (Å²) in [4.78, 5) is 30.2. The van der Waals surface area contributed by atoms with Crippen molar-refractivity contribution in [2.24, 2.45) is 5.41 Å². The minimum atomic E-state index is -1.19. The summed E-state index contributed by atoms with van der Waals surface area (Å²) in [5, 5.41) is 25.2. The molecule has 6 rings (SSSR count). The lowest BCUT2D eigenvalue weighted by atomic mass is 9.61. The number of nitrogens with one attached hydrogen (secondary N) is 1. The van der Waals surface area contributed by atoms with E-state index in [9.17, 15) is 19.8 Å². The second kappa shape index (κ2) is 10.6. The first-order chi connectivity index (χ1) is 20.7. The van der Waals surface area contributed by atoms with Gasteiger partial charge in [0, 0.05) is 22.7 Å². The summed E-state index contributed by atoms with van der Waals surface area (Å²) < 4.78 is 21.8. The minimum Gasteiger partial charge on any atom is -0.495 e. The molecule has 2 fully saturated rings. The third kappa shape index (κ3) is 4.39. The molecule has 1 unspecified atom stereocenters. The fourth-order valence-corrected chi connectivity index (χ4v) is 8.16. The average molecular weight is 643 g/mol. The average Bonchev–Trinajstić information content (AvgIpc) is 3.50. The van der Waals surface area contributed by atoms with Crippen molar-refractivity contribution >= 4 is 46.5 Å². The first-order valence-corrected chi connectivity index (χ1v) is 15.2. The van der Waals surface area contributed by atoms with E-state index in [4.69, 9.17) is 27.9 Å². The normalized spacial score (nSPS) is 27.9. The molecule has 3 aromatic rings. The number of fused-ring (bicyclic) bond motifs is 3. The lowest BCUT2D eigenvalue weighted by Crippen LogP contribution is -2.56. The summed E-state index contributed by atoms with van der Waals surface area (Å²) in [5.74, 6) is -2.74. The Morgan fingerprint density at radius 3 is 2.52 bits per heavy atom. The number of carboxylic acids is 1. The van der Waals surface area contributed by atoms with E-state index in [-0.39, 0.29) is 33.2 Å². The quantitative estimate of drug-likeness (QED) is 0.293. The minimum absolute atomic E-state index is 0.0178. The van der Waals surface area contributed by atoms with Crippen molar-refractivity contribution in [3.05, 3.63) is 87.2 Å². The summed E-state index contributed by atoms with van der Waals surface area (Å²) in [6.07, 6.45) is -1.21. The highest BCUT2D eigenvalue weighted by Gasteiger charge is 2.72. The van der Waals surface area contributed by atoms with Crippen LogP contribution < -0.4 is 15.0 Å². The maximum absolute atomic E-state index is 16.2. The number of methoxy groups -OCH3 is 1. The van der Waals surface area contributed by atoms with Crippen molar-refractivity contribution in [1.29, 1.82) is 0 Å². The molecule has 3 aliphatic rings. The second-order valence-electron chi connectivity index (χ2n) is 13.0. The smallest absolute Gasteiger partial charge is 0.335 e. The molecule has 0 aromatic heterocycles. The highest BCUT2D eigenvalue weighted by atomic mass is 35.5. The largest absolute Gasteiger partial charge is 0.495 e. The number of rotatable bonds is 5. The number of carboxylic acid groups (broad SMARTS) is 1. The van der Waals surface area contributed by atoms with Crippen LogP contribution >= 0.6 is 23.2 Å². The number of aliphatic hydroxyl groups is 1. The van der Waals surface area contributed by atoms with E-state index >= 15 is 4.39 Å². The molecular formula is C33H34Cl2FN3O5. The van der Waals surface area contributed by atoms with Crippen LogP contribution in [0.2, 0.25) is 10.0 Å². The van der Waals surface area contributed by atoms with Crippen LogP contribution in [0, 0.1) is 11.2 Å². The van der Waals surface area contributed by atoms with Crippen LogP contribution in [0.25, 0.3) is 0 Å². The van der Waals surface area contributed by atoms with E-state index in [0.717, 1.165) is 5.56 Å². The number of carbonyl (C=O) groups is 2. The fraction of sp³-hybridized carbons (Fsp3) is 0.394. The van der Waals surface area contributed by atoms with Gasteiger partial charge in [-0.2, -0.15) is 0 Å². The van der Waals surface area contributed by atoms with Gasteiger partial charge in [0.25, 0.3) is 0 Å². The maximum Gasteiger partial charge on any atom is 0.335 e. The predicted molar refractivity (Wildman–Crippen MR) is 167 cm³/mol. The van der Waals surface area contributed by atoms with Gasteiger partial charge >= 0.3 is 5.97 Å². The molecule has 2 saturated heterocycles. The summed E-state index contributed by atoms with van der Waals surface area (Å²) >= 11 is 12.7. The van der Waals surface area contributed by atoms with Crippen molar-refractivity contribution in [2.75, 3.05) is 17.3 Å². The highest BCUT2D eigenvalue weighted by molar-refractivity contribution is 6.31. The van der Waals surface area contributed by atoms with E-state index in [1.807, 2.05) is 13.0 Å². The fourth-order valence-electron chi connectivity index (χ4n) is 7.80. The van der Waals surface area contributed by atoms with E-state index in [0.29, 0.717) is 22.8 Å². The van der Waals surface area contributed by atoms with Crippen LogP contribution in [0.15, 0.2) is 54.6 Å². The van der Waals surface area contributed by atoms with Gasteiger partial charge in [0.1, 0.15) is 17.8 Å². The Bertz CT molecular complexity index is 1680. The molecule has 3 aromatic carbocycles. The Balaban J connectivity index is 1.63. The van der Waals surface area contributed by atoms with E-state index in [1.165, 1.54) is 25.3 Å². The lowest BCUT2D eigenvalue weighted by Gasteiger charge is -2.45. The maximum atomic E-state index is 16.2. The van der Waals surface area contributed by atoms with Crippen molar-refractivity contribution in [3.8, 4) is 5.75 Å². The van der Waals surface area contributed by atoms with Crippen LogP contribution in [-0.4, -0.2) is 58.6 Å². The van der Waals surface area contributed by atoms with Gasteiger partial charge in [-0.3, -0.25) is 14.6 Å². The Morgan fingerprint density at radius 2 is 1.86 bits per heavy atom. The number of benzene rings is 3. The van der Waals surface area contributed by atoms with Crippen molar-refractivity contribution in [2.45, 2.75) is 69.9 Å². The number of aromatic carboxylic acids is 1. The Kier molecular flexibility index (Phi) is 7.40. The second-order valence-corrected chi connectivity index (χ2v) is 13.8. The van der Waals surface area contributed by atoms with Crippen molar-refractivity contribution < 1.29 is 28.9 Å². The van der Waals surface area contributed by atoms with Gasteiger partial charge in [0.2, 0.25) is 5.91 Å². The first-order valence-electron chi connectivity index (χ1n) is 14.4. The van der Waals surface area contributed by atoms with Gasteiger partial charge in [-0.15, -0.1) is 0 Å². The van der Waals surface area contributed by atoms with Crippen LogP contribution in [0.1, 0.15) is 61.5 Å². The van der Waals surface area contributed by atoms with Gasteiger partial charge in [-0.05, 0) is 66.3 Å². The van der Waals surface area contributed by atoms with Crippen LogP contribution in [0.4, 0.5) is 15.8 Å². The van der Waals surface area contributed by atoms with Crippen LogP contribution in [0.5, 0.6) is 5.75 Å². The molecular weight excluding hydrogens is 608 g/mol. The molecule has 1 spiro atoms. The molecule has 0 saturated carbocycles. The lowest BCUT2D eigenvalue weighted by molar-refractivity contribution is -0.119. The Morgan fingerprint density at radius 1 is 1.14 bits per heavy atom. The monoisotopic (exact) mass is 641 g/mol. The number of anilines is 2. The number of hydrogen-bond donors (Lipinski definition) is 3. The van der Waals surface area contributed by atoms with Crippen LogP contribution in [0.3, 0.4) is 0 Å². The first kappa shape index (κ1) is 30.6. The molecule has 3 aliphatic heterocycles. The molecule has 0 bridgehead atoms. The number of nitrogens with zero attached hydrogens (tertiary/aromatic N) is 2. The molecule has 11 heteroatoms. The van der Waals surface area contributed by atoms with E-state index in [1.54, 1.807) is 35.2 Å². The van der Waals surface area contributed by atoms with Gasteiger partial charge in [-0.25, -0.2) is 9.18 Å². The standard InChI is InChI=1S/C33H34Cl2FN3O5/c1-16-38(23-12-9-17(30(41)42)13-24(23)44-5)29(40)28-26(19-7-6-8-21(35)27(19)36)33(25(39(16)28)15-32(2,3)4)20-11-10-18(34)14-22(20)37-31(33)43/h6-14,16,25-26,28,31,37,43H,15H2,1-5H3,(H,41,42)/t16-,25+,26+,28-,31?,33-/m1/s1. The number of ether oxygens (including phenoxy) is 1. The summed E-state index contributed by atoms with van der Waals surface area (Å²) in [5.41, 5.74) is 0.577. The summed E-state index contributed by atoms with van der Waals surface area (Å²) in [6.45, 7) is 8.16. The zero-order valence-corrected chi connectivity index (χ0v) is 26.4. The van der Waals surface area contributed by atoms with Gasteiger partial charge in [0.05, 0.1) is 41.0 Å². The number of halogens is 3.